The highest BCUT2D eigenvalue weighted by molar-refractivity contribution is 4.86. The van der Waals surface area contributed by atoms with Crippen LogP contribution < -0.4 is 0 Å². The number of nitrogens with zero attached hydrogens (tertiary/aromatic N) is 3. The van der Waals surface area contributed by atoms with Gasteiger partial charge in [-0.1, -0.05) is 6.92 Å². The number of piperidine rings is 1. The highest BCUT2D eigenvalue weighted by atomic mass is 15.3. The topological polar surface area (TPSA) is 9.72 Å². The molecular formula is C13H27N3. The molecule has 2 fully saturated rings. The van der Waals surface area contributed by atoms with Crippen molar-refractivity contribution in [3.63, 3.8) is 0 Å². The van der Waals surface area contributed by atoms with Crippen molar-refractivity contribution in [2.75, 3.05) is 46.3 Å². The number of rotatable bonds is 2. The van der Waals surface area contributed by atoms with Crippen LogP contribution in [-0.2, 0) is 0 Å². The molecule has 2 aliphatic heterocycles. The van der Waals surface area contributed by atoms with E-state index in [-0.39, 0.29) is 0 Å². The fourth-order valence-corrected chi connectivity index (χ4v) is 3.18. The Kier molecular flexibility index (Phi) is 4.22. The van der Waals surface area contributed by atoms with Crippen LogP contribution in [0.15, 0.2) is 0 Å². The number of likely N-dealkylation sites (tertiary alicyclic amines) is 1. The molecule has 3 heteroatoms. The lowest BCUT2D eigenvalue weighted by Crippen LogP contribution is -2.54. The molecule has 2 rings (SSSR count). The van der Waals surface area contributed by atoms with E-state index < -0.39 is 0 Å². The molecule has 0 aromatic heterocycles. The third-order valence-electron chi connectivity index (χ3n) is 4.45. The van der Waals surface area contributed by atoms with Crippen molar-refractivity contribution in [2.24, 2.45) is 0 Å². The number of hydrogen-bond donors (Lipinski definition) is 0. The summed E-state index contributed by atoms with van der Waals surface area (Å²) in [7, 11) is 2.24. The Morgan fingerprint density at radius 1 is 1.06 bits per heavy atom. The molecule has 0 radical (unpaired) electrons. The zero-order valence-corrected chi connectivity index (χ0v) is 11.2. The van der Waals surface area contributed by atoms with Gasteiger partial charge in [0.15, 0.2) is 0 Å². The van der Waals surface area contributed by atoms with Gasteiger partial charge in [-0.05, 0) is 39.9 Å². The summed E-state index contributed by atoms with van der Waals surface area (Å²) in [6, 6.07) is 1.63. The van der Waals surface area contributed by atoms with Crippen LogP contribution in [0, 0.1) is 0 Å². The predicted octanol–water partition coefficient (Wildman–Crippen LogP) is 1.11. The van der Waals surface area contributed by atoms with Gasteiger partial charge in [0.25, 0.3) is 0 Å². The largest absolute Gasteiger partial charge is 0.304 e. The average molecular weight is 225 g/mol. The van der Waals surface area contributed by atoms with Gasteiger partial charge in [0.2, 0.25) is 0 Å². The van der Waals surface area contributed by atoms with Crippen LogP contribution >= 0.6 is 0 Å². The van der Waals surface area contributed by atoms with Gasteiger partial charge in [0, 0.05) is 38.3 Å². The smallest absolute Gasteiger partial charge is 0.0123 e. The van der Waals surface area contributed by atoms with E-state index in [1.807, 2.05) is 0 Å². The van der Waals surface area contributed by atoms with Crippen molar-refractivity contribution in [3.05, 3.63) is 0 Å². The summed E-state index contributed by atoms with van der Waals surface area (Å²) in [4.78, 5) is 7.79. The molecule has 0 N–H and O–H groups in total. The molecule has 3 nitrogen and oxygen atoms in total. The molecule has 94 valence electrons. The second kappa shape index (κ2) is 5.48. The van der Waals surface area contributed by atoms with Gasteiger partial charge in [-0.15, -0.1) is 0 Å². The van der Waals surface area contributed by atoms with E-state index in [0.29, 0.717) is 0 Å². The lowest BCUT2D eigenvalue weighted by molar-refractivity contribution is 0.0470. The Bertz CT molecular complexity index is 211. The van der Waals surface area contributed by atoms with Crippen LogP contribution in [0.2, 0.25) is 0 Å². The Hall–Kier alpha value is -0.120. The van der Waals surface area contributed by atoms with Gasteiger partial charge in [0.05, 0.1) is 0 Å². The van der Waals surface area contributed by atoms with E-state index in [1.54, 1.807) is 0 Å². The van der Waals surface area contributed by atoms with Crippen molar-refractivity contribution in [1.29, 1.82) is 0 Å². The van der Waals surface area contributed by atoms with Crippen molar-refractivity contribution in [3.8, 4) is 0 Å². The van der Waals surface area contributed by atoms with E-state index in [9.17, 15) is 0 Å². The predicted molar refractivity (Wildman–Crippen MR) is 68.8 cm³/mol. The summed E-state index contributed by atoms with van der Waals surface area (Å²) in [5, 5.41) is 0. The Balaban J connectivity index is 1.83. The molecule has 0 amide bonds. The summed E-state index contributed by atoms with van der Waals surface area (Å²) in [5.74, 6) is 0. The van der Waals surface area contributed by atoms with Crippen LogP contribution in [0.1, 0.15) is 26.7 Å². The van der Waals surface area contributed by atoms with Crippen LogP contribution in [0.25, 0.3) is 0 Å². The first-order valence-corrected chi connectivity index (χ1v) is 6.87. The molecule has 0 bridgehead atoms. The second-order valence-corrected chi connectivity index (χ2v) is 5.50. The number of piperazine rings is 1. The van der Waals surface area contributed by atoms with Gasteiger partial charge >= 0.3 is 0 Å². The van der Waals surface area contributed by atoms with Crippen LogP contribution in [0.5, 0.6) is 0 Å². The fraction of sp³-hybridized carbons (Fsp3) is 1.00. The molecule has 2 heterocycles. The van der Waals surface area contributed by atoms with Gasteiger partial charge in [-0.3, -0.25) is 4.90 Å². The normalized spacial score (nSPS) is 35.4. The van der Waals surface area contributed by atoms with E-state index in [2.05, 4.69) is 35.6 Å². The van der Waals surface area contributed by atoms with E-state index in [0.717, 1.165) is 12.1 Å². The molecule has 2 saturated heterocycles. The third-order valence-corrected chi connectivity index (χ3v) is 4.45. The number of likely N-dealkylation sites (N-methyl/N-ethyl adjacent to an activating group) is 1. The molecule has 2 atom stereocenters. The molecule has 0 aliphatic carbocycles. The maximum Gasteiger partial charge on any atom is 0.0123 e. The van der Waals surface area contributed by atoms with Gasteiger partial charge in [-0.25, -0.2) is 0 Å². The molecular weight excluding hydrogens is 198 g/mol. The highest BCUT2D eigenvalue weighted by Crippen LogP contribution is 2.22. The fourth-order valence-electron chi connectivity index (χ4n) is 3.18. The third kappa shape index (κ3) is 2.76. The van der Waals surface area contributed by atoms with Crippen LogP contribution in [-0.4, -0.2) is 73.1 Å². The van der Waals surface area contributed by atoms with Crippen molar-refractivity contribution >= 4 is 0 Å². The summed E-state index contributed by atoms with van der Waals surface area (Å²) in [6.07, 6.45) is 2.75. The van der Waals surface area contributed by atoms with E-state index in [1.165, 1.54) is 52.1 Å². The molecule has 0 spiro atoms. The van der Waals surface area contributed by atoms with Crippen molar-refractivity contribution in [2.45, 2.75) is 38.8 Å². The Morgan fingerprint density at radius 2 is 1.75 bits per heavy atom. The molecule has 2 aliphatic rings. The molecule has 1 unspecified atom stereocenters. The minimum absolute atomic E-state index is 0.781. The second-order valence-electron chi connectivity index (χ2n) is 5.50. The number of hydrogen-bond acceptors (Lipinski definition) is 3. The lowest BCUT2D eigenvalue weighted by Gasteiger charge is -2.44. The summed E-state index contributed by atoms with van der Waals surface area (Å²) < 4.78 is 0. The first-order chi connectivity index (χ1) is 7.70. The standard InChI is InChI=1S/C13H27N3/c1-4-15-6-5-13(11-12(15)2)16-9-7-14(3)8-10-16/h12-13H,4-11H2,1-3H3/t12-,13?/m0/s1. The summed E-state index contributed by atoms with van der Waals surface area (Å²) >= 11 is 0. The van der Waals surface area contributed by atoms with Crippen molar-refractivity contribution < 1.29 is 0 Å². The lowest BCUT2D eigenvalue weighted by atomic mass is 9.96. The monoisotopic (exact) mass is 225 g/mol. The summed E-state index contributed by atoms with van der Waals surface area (Å²) in [6.45, 7) is 12.3. The first kappa shape index (κ1) is 12.3. The van der Waals surface area contributed by atoms with Crippen molar-refractivity contribution in [1.82, 2.24) is 14.7 Å². The Labute approximate surface area is 100 Å². The average Bonchev–Trinajstić information content (AvgIpc) is 2.30. The first-order valence-electron chi connectivity index (χ1n) is 6.87. The van der Waals surface area contributed by atoms with Gasteiger partial charge in [-0.2, -0.15) is 0 Å². The summed E-state index contributed by atoms with van der Waals surface area (Å²) in [5.41, 5.74) is 0. The quantitative estimate of drug-likeness (QED) is 0.697. The molecule has 0 saturated carbocycles. The van der Waals surface area contributed by atoms with Crippen LogP contribution in [0.3, 0.4) is 0 Å². The Morgan fingerprint density at radius 3 is 2.31 bits per heavy atom. The zero-order chi connectivity index (χ0) is 11.5. The minimum atomic E-state index is 0.781. The molecule has 16 heavy (non-hydrogen) atoms. The van der Waals surface area contributed by atoms with Gasteiger partial charge < -0.3 is 9.80 Å². The SMILES string of the molecule is CCN1CCC(N2CCN(C)CC2)C[C@@H]1C. The minimum Gasteiger partial charge on any atom is -0.304 e. The van der Waals surface area contributed by atoms with E-state index >= 15 is 0 Å². The van der Waals surface area contributed by atoms with Gasteiger partial charge in [0.1, 0.15) is 0 Å². The zero-order valence-electron chi connectivity index (χ0n) is 11.2. The highest BCUT2D eigenvalue weighted by Gasteiger charge is 2.29. The van der Waals surface area contributed by atoms with E-state index in [4.69, 9.17) is 0 Å². The maximum atomic E-state index is 2.73. The maximum absolute atomic E-state index is 2.73. The molecule has 0 aromatic rings. The molecule has 0 aromatic carbocycles. The van der Waals surface area contributed by atoms with Crippen LogP contribution in [0.4, 0.5) is 0 Å².